The van der Waals surface area contributed by atoms with Crippen LogP contribution in [-0.4, -0.2) is 9.97 Å². The van der Waals surface area contributed by atoms with Gasteiger partial charge in [0, 0.05) is 11.0 Å². The lowest BCUT2D eigenvalue weighted by Gasteiger charge is -2.17. The lowest BCUT2D eigenvalue weighted by molar-refractivity contribution is 0.453. The van der Waals surface area contributed by atoms with Gasteiger partial charge in [0.2, 0.25) is 0 Å². The molecule has 0 bridgehead atoms. The standard InChI is InChI=1S/C23H28BrN3/c1-2-3-4-8-11-21(25-16-18-9-6-5-7-10-18)23-26-17-22(27-23)19-12-14-20(24)15-13-19/h5-7,9-10,12-15,17,21,25H,2-4,8,11,16H2,1H3,(H,26,27). The van der Waals surface area contributed by atoms with Crippen LogP contribution in [0.3, 0.4) is 0 Å². The summed E-state index contributed by atoms with van der Waals surface area (Å²) < 4.78 is 1.09. The summed E-state index contributed by atoms with van der Waals surface area (Å²) in [7, 11) is 0. The molecule has 3 rings (SSSR count). The van der Waals surface area contributed by atoms with Crippen LogP contribution < -0.4 is 5.32 Å². The second-order valence-corrected chi connectivity index (χ2v) is 7.87. The molecule has 3 nitrogen and oxygen atoms in total. The van der Waals surface area contributed by atoms with Crippen molar-refractivity contribution in [1.82, 2.24) is 15.3 Å². The molecule has 0 aliphatic rings. The molecule has 142 valence electrons. The third-order valence-electron chi connectivity index (χ3n) is 4.82. The highest BCUT2D eigenvalue weighted by Crippen LogP contribution is 2.24. The number of nitrogens with one attached hydrogen (secondary N) is 2. The second-order valence-electron chi connectivity index (χ2n) is 6.96. The van der Waals surface area contributed by atoms with Crippen molar-refractivity contribution in [2.45, 2.75) is 51.6 Å². The van der Waals surface area contributed by atoms with E-state index in [9.17, 15) is 0 Å². The lowest BCUT2D eigenvalue weighted by Crippen LogP contribution is -2.22. The number of hydrogen-bond acceptors (Lipinski definition) is 2. The summed E-state index contributed by atoms with van der Waals surface area (Å²) in [4.78, 5) is 8.23. The molecule has 0 aliphatic carbocycles. The Hall–Kier alpha value is -1.91. The van der Waals surface area contributed by atoms with Gasteiger partial charge in [-0.3, -0.25) is 0 Å². The fourth-order valence-corrected chi connectivity index (χ4v) is 3.50. The van der Waals surface area contributed by atoms with Gasteiger partial charge in [0.1, 0.15) is 5.82 Å². The molecule has 1 unspecified atom stereocenters. The highest BCUT2D eigenvalue weighted by molar-refractivity contribution is 9.10. The largest absolute Gasteiger partial charge is 0.341 e. The Labute approximate surface area is 170 Å². The highest BCUT2D eigenvalue weighted by atomic mass is 79.9. The summed E-state index contributed by atoms with van der Waals surface area (Å²) in [5.74, 6) is 1.03. The van der Waals surface area contributed by atoms with E-state index in [2.05, 4.69) is 87.8 Å². The number of benzene rings is 2. The van der Waals surface area contributed by atoms with Gasteiger partial charge in [-0.15, -0.1) is 0 Å². The molecule has 1 atom stereocenters. The number of nitrogens with zero attached hydrogens (tertiary/aromatic N) is 1. The summed E-state index contributed by atoms with van der Waals surface area (Å²) in [6, 6.07) is 19.1. The third kappa shape index (κ3) is 6.05. The number of halogens is 1. The molecule has 4 heteroatoms. The molecule has 1 aromatic heterocycles. The first-order valence-corrected chi connectivity index (χ1v) is 10.6. The quantitative estimate of drug-likeness (QED) is 0.357. The van der Waals surface area contributed by atoms with Crippen molar-refractivity contribution in [2.24, 2.45) is 0 Å². The second kappa shape index (κ2) is 10.4. The van der Waals surface area contributed by atoms with Crippen LogP contribution in [0.1, 0.15) is 56.5 Å². The molecular weight excluding hydrogens is 398 g/mol. The summed E-state index contributed by atoms with van der Waals surface area (Å²) in [5, 5.41) is 3.70. The Bertz CT molecular complexity index is 796. The van der Waals surface area contributed by atoms with E-state index >= 15 is 0 Å². The summed E-state index contributed by atoms with van der Waals surface area (Å²) in [5.41, 5.74) is 3.53. The molecule has 0 saturated heterocycles. The highest BCUT2D eigenvalue weighted by Gasteiger charge is 2.15. The van der Waals surface area contributed by atoms with Gasteiger partial charge in [0.05, 0.1) is 17.9 Å². The first-order chi connectivity index (χ1) is 13.3. The predicted octanol–water partition coefficient (Wildman–Crippen LogP) is 6.64. The van der Waals surface area contributed by atoms with Crippen molar-refractivity contribution < 1.29 is 0 Å². The van der Waals surface area contributed by atoms with Gasteiger partial charge in [-0.2, -0.15) is 0 Å². The Morgan fingerprint density at radius 2 is 1.78 bits per heavy atom. The fraction of sp³-hybridized carbons (Fsp3) is 0.348. The van der Waals surface area contributed by atoms with Gasteiger partial charge in [0.15, 0.2) is 0 Å². The van der Waals surface area contributed by atoms with E-state index in [0.29, 0.717) is 0 Å². The van der Waals surface area contributed by atoms with Crippen molar-refractivity contribution >= 4 is 15.9 Å². The molecule has 2 aromatic carbocycles. The Morgan fingerprint density at radius 1 is 1.00 bits per heavy atom. The lowest BCUT2D eigenvalue weighted by atomic mass is 10.1. The first-order valence-electron chi connectivity index (χ1n) is 9.84. The van der Waals surface area contributed by atoms with Crippen molar-refractivity contribution in [3.63, 3.8) is 0 Å². The maximum Gasteiger partial charge on any atom is 0.123 e. The molecule has 0 fully saturated rings. The van der Waals surface area contributed by atoms with Crippen molar-refractivity contribution in [1.29, 1.82) is 0 Å². The number of aromatic nitrogens is 2. The minimum atomic E-state index is 0.242. The van der Waals surface area contributed by atoms with E-state index in [1.807, 2.05) is 6.20 Å². The van der Waals surface area contributed by atoms with Gasteiger partial charge >= 0.3 is 0 Å². The van der Waals surface area contributed by atoms with E-state index in [1.54, 1.807) is 0 Å². The van der Waals surface area contributed by atoms with Crippen LogP contribution in [0.25, 0.3) is 11.3 Å². The number of aromatic amines is 1. The number of imidazole rings is 1. The normalized spacial score (nSPS) is 12.2. The number of H-pyrrole nitrogens is 1. The zero-order valence-corrected chi connectivity index (χ0v) is 17.5. The number of rotatable bonds is 10. The molecule has 0 amide bonds. The Balaban J connectivity index is 1.70. The first kappa shape index (κ1) is 19.8. The molecule has 0 spiro atoms. The average Bonchev–Trinajstić information content (AvgIpc) is 3.19. The van der Waals surface area contributed by atoms with Crippen LogP contribution >= 0.6 is 15.9 Å². The molecule has 2 N–H and O–H groups in total. The van der Waals surface area contributed by atoms with Crippen LogP contribution in [0.2, 0.25) is 0 Å². The summed E-state index contributed by atoms with van der Waals surface area (Å²) in [6.07, 6.45) is 8.10. The smallest absolute Gasteiger partial charge is 0.123 e. The maximum atomic E-state index is 4.70. The monoisotopic (exact) mass is 425 g/mol. The molecule has 27 heavy (non-hydrogen) atoms. The van der Waals surface area contributed by atoms with Crippen LogP contribution in [0.4, 0.5) is 0 Å². The topological polar surface area (TPSA) is 40.7 Å². The van der Waals surface area contributed by atoms with Crippen molar-refractivity contribution in [2.75, 3.05) is 0 Å². The van der Waals surface area contributed by atoms with Crippen LogP contribution in [0.5, 0.6) is 0 Å². The molecule has 3 aromatic rings. The predicted molar refractivity (Wildman–Crippen MR) is 117 cm³/mol. The molecule has 1 heterocycles. The minimum Gasteiger partial charge on any atom is -0.341 e. The van der Waals surface area contributed by atoms with E-state index in [4.69, 9.17) is 4.98 Å². The van der Waals surface area contributed by atoms with Crippen LogP contribution in [0.15, 0.2) is 65.3 Å². The number of unbranched alkanes of at least 4 members (excludes halogenated alkanes) is 3. The molecule has 0 radical (unpaired) electrons. The maximum absolute atomic E-state index is 4.70. The van der Waals surface area contributed by atoms with Gasteiger partial charge in [-0.05, 0) is 29.7 Å². The van der Waals surface area contributed by atoms with Gasteiger partial charge in [-0.1, -0.05) is 91.0 Å². The van der Waals surface area contributed by atoms with E-state index < -0.39 is 0 Å². The molecule has 0 saturated carbocycles. The van der Waals surface area contributed by atoms with Gasteiger partial charge < -0.3 is 10.3 Å². The van der Waals surface area contributed by atoms with Crippen molar-refractivity contribution in [3.8, 4) is 11.3 Å². The van der Waals surface area contributed by atoms with E-state index in [0.717, 1.165) is 34.5 Å². The van der Waals surface area contributed by atoms with Crippen molar-refractivity contribution in [3.05, 3.63) is 76.7 Å². The SMILES string of the molecule is CCCCCCC(NCc1ccccc1)c1ncc(-c2ccc(Br)cc2)[nH]1. The Kier molecular flexibility index (Phi) is 7.66. The van der Waals surface area contributed by atoms with E-state index in [1.165, 1.54) is 31.2 Å². The minimum absolute atomic E-state index is 0.242. The zero-order valence-electron chi connectivity index (χ0n) is 15.9. The third-order valence-corrected chi connectivity index (χ3v) is 5.35. The number of hydrogen-bond donors (Lipinski definition) is 2. The van der Waals surface area contributed by atoms with Gasteiger partial charge in [-0.25, -0.2) is 4.98 Å². The fourth-order valence-electron chi connectivity index (χ4n) is 3.24. The molecular formula is C23H28BrN3. The van der Waals surface area contributed by atoms with E-state index in [-0.39, 0.29) is 6.04 Å². The summed E-state index contributed by atoms with van der Waals surface area (Å²) in [6.45, 7) is 3.11. The molecule has 0 aliphatic heterocycles. The van der Waals surface area contributed by atoms with Gasteiger partial charge in [0.25, 0.3) is 0 Å². The zero-order chi connectivity index (χ0) is 18.9. The van der Waals surface area contributed by atoms with Crippen LogP contribution in [-0.2, 0) is 6.54 Å². The average molecular weight is 426 g/mol. The Morgan fingerprint density at radius 3 is 2.52 bits per heavy atom. The van der Waals surface area contributed by atoms with Crippen LogP contribution in [0, 0.1) is 0 Å². The summed E-state index contributed by atoms with van der Waals surface area (Å²) >= 11 is 3.49.